The van der Waals surface area contributed by atoms with Crippen LogP contribution in [0.3, 0.4) is 0 Å². The molecule has 0 saturated carbocycles. The molecule has 0 bridgehead atoms. The molecule has 0 heterocycles. The fraction of sp³-hybridized carbons (Fsp3) is 0.143. The van der Waals surface area contributed by atoms with Gasteiger partial charge in [-0.2, -0.15) is 8.42 Å². The first-order chi connectivity index (χ1) is 5.82. The zero-order chi connectivity index (χ0) is 10.2. The monoisotopic (exact) mass is 221 g/mol. The van der Waals surface area contributed by atoms with Gasteiger partial charge in [-0.05, 0) is 24.6 Å². The summed E-state index contributed by atoms with van der Waals surface area (Å²) in [5.74, 6) is 0. The van der Waals surface area contributed by atoms with Crippen LogP contribution < -0.4 is 5.73 Å². The first-order valence-corrected chi connectivity index (χ1v) is 5.17. The molecule has 1 rings (SSSR count). The first-order valence-electron chi connectivity index (χ1n) is 3.35. The van der Waals surface area contributed by atoms with Gasteiger partial charge in [0, 0.05) is 10.7 Å². The van der Waals surface area contributed by atoms with Crippen molar-refractivity contribution in [2.45, 2.75) is 11.8 Å². The topological polar surface area (TPSA) is 80.4 Å². The number of benzene rings is 1. The molecule has 13 heavy (non-hydrogen) atoms. The lowest BCUT2D eigenvalue weighted by Crippen LogP contribution is -2.02. The molecule has 0 aliphatic carbocycles. The minimum Gasteiger partial charge on any atom is -0.399 e. The zero-order valence-corrected chi connectivity index (χ0v) is 8.35. The van der Waals surface area contributed by atoms with Gasteiger partial charge in [0.25, 0.3) is 10.1 Å². The predicted molar refractivity (Wildman–Crippen MR) is 50.4 cm³/mol. The number of nitrogens with two attached hydrogens (primary N) is 1. The van der Waals surface area contributed by atoms with E-state index in [4.69, 9.17) is 21.9 Å². The van der Waals surface area contributed by atoms with E-state index in [-0.39, 0.29) is 15.6 Å². The molecular weight excluding hydrogens is 214 g/mol. The van der Waals surface area contributed by atoms with E-state index in [1.54, 1.807) is 0 Å². The fourth-order valence-electron chi connectivity index (χ4n) is 0.941. The molecule has 0 fully saturated rings. The van der Waals surface area contributed by atoms with Gasteiger partial charge in [-0.25, -0.2) is 0 Å². The summed E-state index contributed by atoms with van der Waals surface area (Å²) in [5.41, 5.74) is 5.85. The highest BCUT2D eigenvalue weighted by molar-refractivity contribution is 7.85. The summed E-state index contributed by atoms with van der Waals surface area (Å²) in [6, 6.07) is 2.59. The number of nitrogen functional groups attached to an aromatic ring is 1. The summed E-state index contributed by atoms with van der Waals surface area (Å²) < 4.78 is 30.4. The summed E-state index contributed by atoms with van der Waals surface area (Å²) in [6.07, 6.45) is 0. The van der Waals surface area contributed by atoms with E-state index in [9.17, 15) is 8.42 Å². The molecular formula is C7H8ClNO3S. The maximum atomic E-state index is 10.8. The van der Waals surface area contributed by atoms with Crippen LogP contribution in [0.4, 0.5) is 5.69 Å². The highest BCUT2D eigenvalue weighted by Crippen LogP contribution is 2.25. The van der Waals surface area contributed by atoms with Crippen molar-refractivity contribution in [2.24, 2.45) is 0 Å². The lowest BCUT2D eigenvalue weighted by Gasteiger charge is -2.05. The lowest BCUT2D eigenvalue weighted by molar-refractivity contribution is 0.482. The average Bonchev–Trinajstić information content (AvgIpc) is 1.94. The molecule has 3 N–H and O–H groups in total. The van der Waals surface area contributed by atoms with Gasteiger partial charge >= 0.3 is 0 Å². The number of anilines is 1. The van der Waals surface area contributed by atoms with Crippen LogP contribution in [0.1, 0.15) is 5.56 Å². The van der Waals surface area contributed by atoms with Crippen molar-refractivity contribution in [3.63, 3.8) is 0 Å². The molecule has 1 aromatic rings. The Bertz CT molecular complexity index is 441. The van der Waals surface area contributed by atoms with Crippen LogP contribution in [0.5, 0.6) is 0 Å². The summed E-state index contributed by atoms with van der Waals surface area (Å²) in [7, 11) is -4.24. The standard InChI is InChI=1S/C7H8ClNO3S/c1-4-6(8)2-5(9)3-7(4)13(10,11)12/h2-3H,9H2,1H3,(H,10,11,12). The molecule has 1 aromatic carbocycles. The summed E-state index contributed by atoms with van der Waals surface area (Å²) in [6.45, 7) is 1.49. The van der Waals surface area contributed by atoms with Crippen LogP contribution in [-0.4, -0.2) is 13.0 Å². The molecule has 0 radical (unpaired) electrons. The second-order valence-corrected chi connectivity index (χ2v) is 4.40. The van der Waals surface area contributed by atoms with Gasteiger partial charge in [0.1, 0.15) is 4.90 Å². The Morgan fingerprint density at radius 3 is 2.46 bits per heavy atom. The quantitative estimate of drug-likeness (QED) is 0.556. The normalized spacial score (nSPS) is 11.6. The van der Waals surface area contributed by atoms with Crippen molar-refractivity contribution < 1.29 is 13.0 Å². The van der Waals surface area contributed by atoms with E-state index in [1.165, 1.54) is 13.0 Å². The van der Waals surface area contributed by atoms with Gasteiger partial charge in [-0.1, -0.05) is 11.6 Å². The third-order valence-corrected chi connectivity index (χ3v) is 2.97. The van der Waals surface area contributed by atoms with Crippen LogP contribution in [0.25, 0.3) is 0 Å². The molecule has 0 unspecified atom stereocenters. The van der Waals surface area contributed by atoms with Crippen molar-refractivity contribution in [1.29, 1.82) is 0 Å². The maximum Gasteiger partial charge on any atom is 0.294 e. The lowest BCUT2D eigenvalue weighted by atomic mass is 10.2. The van der Waals surface area contributed by atoms with Crippen molar-refractivity contribution in [3.8, 4) is 0 Å². The van der Waals surface area contributed by atoms with Crippen LogP contribution in [0.2, 0.25) is 5.02 Å². The Balaban J connectivity index is 3.56. The molecule has 0 atom stereocenters. The Labute approximate surface area is 81.1 Å². The van der Waals surface area contributed by atoms with Crippen LogP contribution in [0.15, 0.2) is 17.0 Å². The predicted octanol–water partition coefficient (Wildman–Crippen LogP) is 1.48. The Hall–Kier alpha value is -0.780. The van der Waals surface area contributed by atoms with E-state index in [2.05, 4.69) is 0 Å². The van der Waals surface area contributed by atoms with Gasteiger partial charge in [0.2, 0.25) is 0 Å². The van der Waals surface area contributed by atoms with E-state index >= 15 is 0 Å². The van der Waals surface area contributed by atoms with E-state index < -0.39 is 10.1 Å². The van der Waals surface area contributed by atoms with Gasteiger partial charge in [0.05, 0.1) is 0 Å². The first kappa shape index (κ1) is 10.3. The Morgan fingerprint density at radius 1 is 1.46 bits per heavy atom. The smallest absolute Gasteiger partial charge is 0.294 e. The maximum absolute atomic E-state index is 10.8. The second kappa shape index (κ2) is 3.17. The molecule has 6 heteroatoms. The largest absolute Gasteiger partial charge is 0.399 e. The van der Waals surface area contributed by atoms with E-state index in [1.807, 2.05) is 0 Å². The molecule has 0 amide bonds. The fourth-order valence-corrected chi connectivity index (χ4v) is 2.01. The number of halogens is 1. The third-order valence-electron chi connectivity index (χ3n) is 1.60. The van der Waals surface area contributed by atoms with Crippen LogP contribution >= 0.6 is 11.6 Å². The van der Waals surface area contributed by atoms with Crippen molar-refractivity contribution in [2.75, 3.05) is 5.73 Å². The summed E-state index contributed by atoms with van der Waals surface area (Å²) >= 11 is 5.67. The molecule has 0 aromatic heterocycles. The van der Waals surface area contributed by atoms with Crippen LogP contribution in [-0.2, 0) is 10.1 Å². The van der Waals surface area contributed by atoms with Crippen molar-refractivity contribution >= 4 is 27.4 Å². The summed E-state index contributed by atoms with van der Waals surface area (Å²) in [5, 5.41) is 0.215. The van der Waals surface area contributed by atoms with Crippen molar-refractivity contribution in [1.82, 2.24) is 0 Å². The van der Waals surface area contributed by atoms with Gasteiger partial charge < -0.3 is 5.73 Å². The van der Waals surface area contributed by atoms with E-state index in [0.29, 0.717) is 5.56 Å². The molecule has 4 nitrogen and oxygen atoms in total. The zero-order valence-electron chi connectivity index (χ0n) is 6.78. The van der Waals surface area contributed by atoms with Gasteiger partial charge in [-0.15, -0.1) is 0 Å². The third kappa shape index (κ3) is 2.12. The summed E-state index contributed by atoms with van der Waals surface area (Å²) in [4.78, 5) is -0.252. The molecule has 0 spiro atoms. The Kier molecular flexibility index (Phi) is 2.51. The highest BCUT2D eigenvalue weighted by atomic mass is 35.5. The molecule has 0 aliphatic heterocycles. The van der Waals surface area contributed by atoms with Crippen molar-refractivity contribution in [3.05, 3.63) is 22.7 Å². The average molecular weight is 222 g/mol. The minimum absolute atomic E-state index is 0.197. The van der Waals surface area contributed by atoms with Crippen LogP contribution in [0, 0.1) is 6.92 Å². The number of rotatable bonds is 1. The number of hydrogen-bond donors (Lipinski definition) is 2. The number of hydrogen-bond acceptors (Lipinski definition) is 3. The SMILES string of the molecule is Cc1c(Cl)cc(N)cc1S(=O)(=O)O. The molecule has 72 valence electrons. The molecule has 0 aliphatic rings. The van der Waals surface area contributed by atoms with Gasteiger partial charge in [-0.3, -0.25) is 4.55 Å². The highest BCUT2D eigenvalue weighted by Gasteiger charge is 2.15. The minimum atomic E-state index is -4.24. The van der Waals surface area contributed by atoms with Gasteiger partial charge in [0.15, 0.2) is 0 Å². The Morgan fingerprint density at radius 2 is 2.00 bits per heavy atom. The van der Waals surface area contributed by atoms with E-state index in [0.717, 1.165) is 6.07 Å². The second-order valence-electron chi connectivity index (χ2n) is 2.60. The molecule has 0 saturated heterocycles.